The highest BCUT2D eigenvalue weighted by Gasteiger charge is 2.24. The molecule has 0 amide bonds. The van der Waals surface area contributed by atoms with Gasteiger partial charge in [-0.25, -0.2) is 4.39 Å². The smallest absolute Gasteiger partial charge is 0.145 e. The maximum absolute atomic E-state index is 13.0. The predicted octanol–water partition coefficient (Wildman–Crippen LogP) is 1.30. The Kier molecular flexibility index (Phi) is 4.80. The number of benzene rings is 1. The molecule has 1 aromatic heterocycles. The quantitative estimate of drug-likeness (QED) is 0.837. The van der Waals surface area contributed by atoms with Crippen molar-refractivity contribution in [2.45, 2.75) is 19.5 Å². The van der Waals surface area contributed by atoms with Crippen molar-refractivity contribution >= 4 is 17.8 Å². The molecule has 1 fully saturated rings. The van der Waals surface area contributed by atoms with E-state index in [0.717, 1.165) is 43.8 Å². The van der Waals surface area contributed by atoms with Crippen LogP contribution in [0.4, 0.5) is 15.9 Å². The van der Waals surface area contributed by atoms with Gasteiger partial charge in [-0.15, -0.1) is 0 Å². The molecule has 0 spiro atoms. The Labute approximate surface area is 140 Å². The molecule has 1 atom stereocenters. The average Bonchev–Trinajstić information content (AvgIpc) is 2.91. The van der Waals surface area contributed by atoms with Crippen molar-refractivity contribution < 1.29 is 9.18 Å². The number of aromatic nitrogens is 2. The largest absolute Gasteiger partial charge is 0.382 e. The van der Waals surface area contributed by atoms with Gasteiger partial charge in [-0.2, -0.15) is 5.10 Å². The molecule has 6 nitrogen and oxygen atoms in total. The number of nitrogens with zero attached hydrogens (tertiary/aromatic N) is 4. The van der Waals surface area contributed by atoms with Crippen LogP contribution < -0.4 is 10.6 Å². The number of rotatable bonds is 5. The van der Waals surface area contributed by atoms with Crippen LogP contribution in [0.15, 0.2) is 30.3 Å². The third-order valence-corrected chi connectivity index (χ3v) is 4.49. The van der Waals surface area contributed by atoms with Crippen LogP contribution >= 0.6 is 0 Å². The molecular weight excluding hydrogens is 309 g/mol. The van der Waals surface area contributed by atoms with E-state index >= 15 is 0 Å². The maximum atomic E-state index is 13.0. The van der Waals surface area contributed by atoms with Gasteiger partial charge in [0.1, 0.15) is 17.9 Å². The number of aldehydes is 1. The molecule has 1 aliphatic rings. The van der Waals surface area contributed by atoms with Crippen LogP contribution in [0.2, 0.25) is 0 Å². The molecule has 1 aromatic carbocycles. The third-order valence-electron chi connectivity index (χ3n) is 4.49. The van der Waals surface area contributed by atoms with Crippen LogP contribution in [0.1, 0.15) is 5.69 Å². The van der Waals surface area contributed by atoms with E-state index < -0.39 is 0 Å². The molecule has 7 heteroatoms. The number of halogens is 1. The predicted molar refractivity (Wildman–Crippen MR) is 91.4 cm³/mol. The van der Waals surface area contributed by atoms with Crippen molar-refractivity contribution in [3.05, 3.63) is 41.8 Å². The SMILES string of the molecule is Cc1cc(N)nn1CC(C=O)N1CCN(c2ccc(F)cc2)CC1. The molecule has 128 valence electrons. The molecule has 1 unspecified atom stereocenters. The number of piperazine rings is 1. The standard InChI is InChI=1S/C17H22FN5O/c1-13-10-17(19)20-23(13)11-16(12-24)22-8-6-21(7-9-22)15-4-2-14(18)3-5-15/h2-5,10,12,16H,6-9,11H2,1H3,(H2,19,20). The van der Waals surface area contributed by atoms with E-state index in [1.54, 1.807) is 22.9 Å². The summed E-state index contributed by atoms with van der Waals surface area (Å²) in [5.74, 6) is 0.241. The Balaban J connectivity index is 1.61. The van der Waals surface area contributed by atoms with E-state index in [1.807, 2.05) is 6.92 Å². The molecular formula is C17H22FN5O. The lowest BCUT2D eigenvalue weighted by atomic mass is 10.2. The first-order chi connectivity index (χ1) is 11.6. The topological polar surface area (TPSA) is 67.4 Å². The number of carbonyl (C=O) groups is 1. The number of anilines is 2. The van der Waals surface area contributed by atoms with E-state index in [4.69, 9.17) is 5.73 Å². The van der Waals surface area contributed by atoms with E-state index in [2.05, 4.69) is 14.9 Å². The second-order valence-electron chi connectivity index (χ2n) is 6.10. The normalized spacial score (nSPS) is 17.0. The van der Waals surface area contributed by atoms with Gasteiger partial charge in [0.15, 0.2) is 0 Å². The van der Waals surface area contributed by atoms with Gasteiger partial charge in [0.05, 0.1) is 12.6 Å². The lowest BCUT2D eigenvalue weighted by molar-refractivity contribution is -0.113. The van der Waals surface area contributed by atoms with Crippen molar-refractivity contribution in [2.24, 2.45) is 0 Å². The number of nitrogen functional groups attached to an aromatic ring is 1. The van der Waals surface area contributed by atoms with Crippen LogP contribution in [-0.4, -0.2) is 53.2 Å². The molecule has 3 rings (SSSR count). The highest BCUT2D eigenvalue weighted by molar-refractivity contribution is 5.58. The fourth-order valence-electron chi connectivity index (χ4n) is 3.11. The first-order valence-corrected chi connectivity index (χ1v) is 8.06. The molecule has 1 aliphatic heterocycles. The minimum atomic E-state index is -0.229. The van der Waals surface area contributed by atoms with Gasteiger partial charge >= 0.3 is 0 Å². The van der Waals surface area contributed by atoms with Gasteiger partial charge in [0.2, 0.25) is 0 Å². The van der Waals surface area contributed by atoms with Gasteiger partial charge in [-0.3, -0.25) is 9.58 Å². The van der Waals surface area contributed by atoms with E-state index in [-0.39, 0.29) is 11.9 Å². The van der Waals surface area contributed by atoms with Gasteiger partial charge in [-0.05, 0) is 31.2 Å². The molecule has 0 saturated carbocycles. The zero-order chi connectivity index (χ0) is 17.1. The van der Waals surface area contributed by atoms with Gasteiger partial charge in [0, 0.05) is 43.6 Å². The molecule has 0 aliphatic carbocycles. The number of hydrogen-bond donors (Lipinski definition) is 1. The second-order valence-corrected chi connectivity index (χ2v) is 6.10. The summed E-state index contributed by atoms with van der Waals surface area (Å²) in [5, 5.41) is 4.23. The third kappa shape index (κ3) is 3.56. The monoisotopic (exact) mass is 331 g/mol. The Hall–Kier alpha value is -2.41. The van der Waals surface area contributed by atoms with Crippen LogP contribution in [0.3, 0.4) is 0 Å². The van der Waals surface area contributed by atoms with E-state index in [1.165, 1.54) is 12.1 Å². The molecule has 0 bridgehead atoms. The second kappa shape index (κ2) is 7.00. The molecule has 1 saturated heterocycles. The summed E-state index contributed by atoms with van der Waals surface area (Å²) >= 11 is 0. The number of carbonyl (C=O) groups excluding carboxylic acids is 1. The van der Waals surface area contributed by atoms with Crippen molar-refractivity contribution in [1.29, 1.82) is 0 Å². The fourth-order valence-corrected chi connectivity index (χ4v) is 3.11. The summed E-state index contributed by atoms with van der Waals surface area (Å²) in [5.41, 5.74) is 7.66. The first kappa shape index (κ1) is 16.4. The summed E-state index contributed by atoms with van der Waals surface area (Å²) in [4.78, 5) is 15.9. The molecule has 2 N–H and O–H groups in total. The zero-order valence-corrected chi connectivity index (χ0v) is 13.7. The maximum Gasteiger partial charge on any atom is 0.145 e. The van der Waals surface area contributed by atoms with Gasteiger partial charge in [0.25, 0.3) is 0 Å². The summed E-state index contributed by atoms with van der Waals surface area (Å²) in [6.45, 7) is 5.58. The minimum Gasteiger partial charge on any atom is -0.382 e. The first-order valence-electron chi connectivity index (χ1n) is 8.06. The number of nitrogens with two attached hydrogens (primary N) is 1. The van der Waals surface area contributed by atoms with Gasteiger partial charge in [-0.1, -0.05) is 0 Å². The Bertz CT molecular complexity index is 692. The highest BCUT2D eigenvalue weighted by atomic mass is 19.1. The van der Waals surface area contributed by atoms with Crippen molar-refractivity contribution in [1.82, 2.24) is 14.7 Å². The van der Waals surface area contributed by atoms with Crippen LogP contribution in [0, 0.1) is 12.7 Å². The molecule has 24 heavy (non-hydrogen) atoms. The highest BCUT2D eigenvalue weighted by Crippen LogP contribution is 2.18. The van der Waals surface area contributed by atoms with Crippen molar-refractivity contribution in [3.63, 3.8) is 0 Å². The Morgan fingerprint density at radius 1 is 1.25 bits per heavy atom. The van der Waals surface area contributed by atoms with Crippen molar-refractivity contribution in [2.75, 3.05) is 36.8 Å². The number of hydrogen-bond acceptors (Lipinski definition) is 5. The van der Waals surface area contributed by atoms with Gasteiger partial charge < -0.3 is 15.4 Å². The zero-order valence-electron chi connectivity index (χ0n) is 13.7. The summed E-state index contributed by atoms with van der Waals surface area (Å²) in [6, 6.07) is 8.10. The number of aryl methyl sites for hydroxylation is 1. The lowest BCUT2D eigenvalue weighted by Crippen LogP contribution is -2.52. The summed E-state index contributed by atoms with van der Waals surface area (Å²) in [6.07, 6.45) is 0.977. The van der Waals surface area contributed by atoms with E-state index in [9.17, 15) is 9.18 Å². The Morgan fingerprint density at radius 3 is 2.46 bits per heavy atom. The molecule has 2 aromatic rings. The summed E-state index contributed by atoms with van der Waals surface area (Å²) in [7, 11) is 0. The lowest BCUT2D eigenvalue weighted by Gasteiger charge is -2.38. The van der Waals surface area contributed by atoms with Crippen LogP contribution in [0.5, 0.6) is 0 Å². The minimum absolute atomic E-state index is 0.224. The van der Waals surface area contributed by atoms with Crippen LogP contribution in [0.25, 0.3) is 0 Å². The van der Waals surface area contributed by atoms with E-state index in [0.29, 0.717) is 12.4 Å². The summed E-state index contributed by atoms with van der Waals surface area (Å²) < 4.78 is 14.8. The fraction of sp³-hybridized carbons (Fsp3) is 0.412. The molecule has 0 radical (unpaired) electrons. The van der Waals surface area contributed by atoms with Crippen molar-refractivity contribution in [3.8, 4) is 0 Å². The Morgan fingerprint density at radius 2 is 1.92 bits per heavy atom. The van der Waals surface area contributed by atoms with Crippen LogP contribution in [-0.2, 0) is 11.3 Å². The average molecular weight is 331 g/mol. The molecule has 2 heterocycles.